The van der Waals surface area contributed by atoms with Crippen molar-refractivity contribution in [3.63, 3.8) is 0 Å². The topological polar surface area (TPSA) is 43.6 Å². The highest BCUT2D eigenvalue weighted by Gasteiger charge is 2.05. The maximum atomic E-state index is 11.8. The summed E-state index contributed by atoms with van der Waals surface area (Å²) in [6.45, 7) is 3.90. The lowest BCUT2D eigenvalue weighted by Crippen LogP contribution is -2.15. The van der Waals surface area contributed by atoms with Crippen molar-refractivity contribution in [2.24, 2.45) is 0 Å². The first-order valence-corrected chi connectivity index (χ1v) is 5.90. The third-order valence-electron chi connectivity index (χ3n) is 2.39. The van der Waals surface area contributed by atoms with Gasteiger partial charge in [-0.25, -0.2) is 4.98 Å². The fourth-order valence-corrected chi connectivity index (χ4v) is 1.64. The number of halogens is 1. The van der Waals surface area contributed by atoms with Gasteiger partial charge in [-0.2, -0.15) is 0 Å². The van der Waals surface area contributed by atoms with Crippen LogP contribution in [0.1, 0.15) is 12.6 Å². The van der Waals surface area contributed by atoms with Crippen molar-refractivity contribution in [1.82, 2.24) is 9.38 Å². The number of nitrogens with zero attached hydrogens (tertiary/aromatic N) is 2. The molecule has 2 aromatic heterocycles. The second-order valence-electron chi connectivity index (χ2n) is 3.90. The van der Waals surface area contributed by atoms with E-state index in [1.807, 2.05) is 0 Å². The molecule has 2 heterocycles. The Hall–Kier alpha value is -1.81. The number of hydrogen-bond donors (Lipinski definition) is 0. The number of hydrogen-bond acceptors (Lipinski definition) is 3. The van der Waals surface area contributed by atoms with Gasteiger partial charge in [-0.3, -0.25) is 9.20 Å². The minimum Gasteiger partial charge on any atom is -0.486 e. The molecule has 0 unspecified atom stereocenters. The largest absolute Gasteiger partial charge is 0.486 e. The van der Waals surface area contributed by atoms with E-state index in [2.05, 4.69) is 4.98 Å². The molecule has 4 nitrogen and oxygen atoms in total. The molecule has 0 radical (unpaired) electrons. The molecule has 0 saturated heterocycles. The first kappa shape index (κ1) is 12.6. The summed E-state index contributed by atoms with van der Waals surface area (Å²) in [6, 6.07) is 5.01. The van der Waals surface area contributed by atoms with Gasteiger partial charge in [0, 0.05) is 23.0 Å². The molecule has 0 aliphatic rings. The summed E-state index contributed by atoms with van der Waals surface area (Å²) in [5, 5.41) is 0.663. The lowest BCUT2D eigenvalue weighted by atomic mass is 10.4. The average molecular weight is 265 g/mol. The van der Waals surface area contributed by atoms with Gasteiger partial charge in [-0.1, -0.05) is 11.6 Å². The van der Waals surface area contributed by atoms with Crippen molar-refractivity contribution >= 4 is 17.2 Å². The van der Waals surface area contributed by atoms with Gasteiger partial charge in [0.15, 0.2) is 11.4 Å². The Labute approximate surface area is 109 Å². The van der Waals surface area contributed by atoms with Crippen LogP contribution in [-0.2, 0) is 0 Å². The van der Waals surface area contributed by atoms with Gasteiger partial charge in [-0.15, -0.1) is 0 Å². The van der Waals surface area contributed by atoms with Crippen LogP contribution in [0.25, 0.3) is 5.65 Å². The molecule has 0 amide bonds. The molecule has 0 bridgehead atoms. The standard InChI is InChI=1S/C13H13ClN2O2/c1-9(14)5-7-18-11-4-3-6-16-12(17)8-10(2)15-13(11)16/h3-6,8H,7H2,1-2H3/b9-5-. The molecule has 0 aliphatic carbocycles. The fraction of sp³-hybridized carbons (Fsp3) is 0.231. The van der Waals surface area contributed by atoms with Gasteiger partial charge in [0.1, 0.15) is 6.61 Å². The molecule has 0 spiro atoms. The van der Waals surface area contributed by atoms with Gasteiger partial charge < -0.3 is 4.74 Å². The fourth-order valence-electron chi connectivity index (χ4n) is 1.57. The Morgan fingerprint density at radius 1 is 1.61 bits per heavy atom. The van der Waals surface area contributed by atoms with Crippen LogP contribution >= 0.6 is 11.6 Å². The highest BCUT2D eigenvalue weighted by molar-refractivity contribution is 6.29. The molecule has 2 aromatic rings. The van der Waals surface area contributed by atoms with Crippen LogP contribution in [0.2, 0.25) is 0 Å². The van der Waals surface area contributed by atoms with Crippen molar-refractivity contribution in [3.8, 4) is 5.75 Å². The predicted octanol–water partition coefficient (Wildman–Crippen LogP) is 2.52. The molecule has 94 valence electrons. The molecule has 5 heteroatoms. The summed E-state index contributed by atoms with van der Waals surface area (Å²) >= 11 is 5.72. The average Bonchev–Trinajstić information content (AvgIpc) is 2.29. The van der Waals surface area contributed by atoms with Crippen LogP contribution in [0.5, 0.6) is 5.75 Å². The van der Waals surface area contributed by atoms with Gasteiger partial charge >= 0.3 is 0 Å². The molecular formula is C13H13ClN2O2. The van der Waals surface area contributed by atoms with E-state index in [9.17, 15) is 4.79 Å². The molecule has 0 atom stereocenters. The zero-order valence-electron chi connectivity index (χ0n) is 10.2. The van der Waals surface area contributed by atoms with E-state index in [1.165, 1.54) is 10.5 Å². The lowest BCUT2D eigenvalue weighted by molar-refractivity contribution is 0.364. The summed E-state index contributed by atoms with van der Waals surface area (Å²) in [5.74, 6) is 0.562. The molecular weight excluding hydrogens is 252 g/mol. The van der Waals surface area contributed by atoms with E-state index in [4.69, 9.17) is 16.3 Å². The number of pyridine rings is 1. The van der Waals surface area contributed by atoms with Crippen molar-refractivity contribution in [2.75, 3.05) is 6.61 Å². The molecule has 0 fully saturated rings. The number of ether oxygens (including phenoxy) is 1. The molecule has 18 heavy (non-hydrogen) atoms. The minimum atomic E-state index is -0.119. The zero-order chi connectivity index (χ0) is 13.1. The van der Waals surface area contributed by atoms with Gasteiger partial charge in [-0.05, 0) is 32.1 Å². The highest BCUT2D eigenvalue weighted by atomic mass is 35.5. The molecule has 0 aromatic carbocycles. The third-order valence-corrected chi connectivity index (χ3v) is 2.54. The number of fused-ring (bicyclic) bond motifs is 1. The Morgan fingerprint density at radius 3 is 3.11 bits per heavy atom. The van der Waals surface area contributed by atoms with E-state index in [-0.39, 0.29) is 5.56 Å². The van der Waals surface area contributed by atoms with E-state index in [1.54, 1.807) is 38.3 Å². The third kappa shape index (κ3) is 2.71. The summed E-state index contributed by atoms with van der Waals surface area (Å²) in [4.78, 5) is 16.1. The molecule has 0 aliphatic heterocycles. The van der Waals surface area contributed by atoms with Gasteiger partial charge in [0.05, 0.1) is 0 Å². The van der Waals surface area contributed by atoms with Crippen LogP contribution in [0.15, 0.2) is 40.3 Å². The molecule has 2 rings (SSSR count). The number of rotatable bonds is 3. The molecule has 0 N–H and O–H groups in total. The smallest absolute Gasteiger partial charge is 0.258 e. The second-order valence-corrected chi connectivity index (χ2v) is 4.50. The summed E-state index contributed by atoms with van der Waals surface area (Å²) in [5.41, 5.74) is 1.07. The monoisotopic (exact) mass is 264 g/mol. The highest BCUT2D eigenvalue weighted by Crippen LogP contribution is 2.16. The first-order valence-electron chi connectivity index (χ1n) is 5.52. The van der Waals surface area contributed by atoms with Crippen LogP contribution in [0, 0.1) is 6.92 Å². The predicted molar refractivity (Wildman–Crippen MR) is 71.3 cm³/mol. The van der Waals surface area contributed by atoms with E-state index >= 15 is 0 Å². The lowest BCUT2D eigenvalue weighted by Gasteiger charge is -2.08. The second kappa shape index (κ2) is 5.23. The summed E-state index contributed by atoms with van der Waals surface area (Å²) in [6.07, 6.45) is 3.42. The van der Waals surface area contributed by atoms with Crippen LogP contribution in [0.3, 0.4) is 0 Å². The Morgan fingerprint density at radius 2 is 2.39 bits per heavy atom. The van der Waals surface area contributed by atoms with Gasteiger partial charge in [0.25, 0.3) is 5.56 Å². The number of allylic oxidation sites excluding steroid dienone is 1. The van der Waals surface area contributed by atoms with Crippen molar-refractivity contribution < 1.29 is 4.74 Å². The first-order chi connectivity index (χ1) is 8.58. The zero-order valence-corrected chi connectivity index (χ0v) is 10.9. The van der Waals surface area contributed by atoms with Crippen LogP contribution < -0.4 is 10.3 Å². The quantitative estimate of drug-likeness (QED) is 0.856. The van der Waals surface area contributed by atoms with E-state index < -0.39 is 0 Å². The number of aryl methyl sites for hydroxylation is 1. The maximum Gasteiger partial charge on any atom is 0.258 e. The van der Waals surface area contributed by atoms with E-state index in [0.717, 1.165) is 0 Å². The summed E-state index contributed by atoms with van der Waals surface area (Å²) < 4.78 is 7.01. The minimum absolute atomic E-state index is 0.119. The van der Waals surface area contributed by atoms with Crippen LogP contribution in [-0.4, -0.2) is 16.0 Å². The summed E-state index contributed by atoms with van der Waals surface area (Å²) in [7, 11) is 0. The number of aromatic nitrogens is 2. The Balaban J connectivity index is 2.45. The Bertz CT molecular complexity index is 658. The van der Waals surface area contributed by atoms with Crippen molar-refractivity contribution in [1.29, 1.82) is 0 Å². The molecule has 0 saturated carbocycles. The maximum absolute atomic E-state index is 11.8. The van der Waals surface area contributed by atoms with Crippen molar-refractivity contribution in [2.45, 2.75) is 13.8 Å². The van der Waals surface area contributed by atoms with Crippen molar-refractivity contribution in [3.05, 3.63) is 51.6 Å². The van der Waals surface area contributed by atoms with Gasteiger partial charge in [0.2, 0.25) is 0 Å². The Kier molecular flexibility index (Phi) is 3.67. The SMILES string of the molecule is C/C(Cl)=C/COc1cccn2c(=O)cc(C)nc12. The van der Waals surface area contributed by atoms with E-state index in [0.29, 0.717) is 28.7 Å². The van der Waals surface area contributed by atoms with Crippen LogP contribution in [0.4, 0.5) is 0 Å². The normalized spacial score (nSPS) is 11.8.